The summed E-state index contributed by atoms with van der Waals surface area (Å²) in [6.07, 6.45) is 3.27. The minimum Gasteiger partial charge on any atom is -0.309 e. The fraction of sp³-hybridized carbons (Fsp3) is 0.688. The van der Waals surface area contributed by atoms with Crippen LogP contribution in [0.4, 0.5) is 0 Å². The quantitative estimate of drug-likeness (QED) is 0.906. The summed E-state index contributed by atoms with van der Waals surface area (Å²) < 4.78 is 0. The molecule has 1 aliphatic heterocycles. The van der Waals surface area contributed by atoms with Crippen LogP contribution < -0.4 is 5.32 Å². The summed E-state index contributed by atoms with van der Waals surface area (Å²) in [5.41, 5.74) is 2.37. The minimum absolute atomic E-state index is 0.346. The Kier molecular flexibility index (Phi) is 5.52. The van der Waals surface area contributed by atoms with Gasteiger partial charge in [-0.3, -0.25) is 4.98 Å². The zero-order chi connectivity index (χ0) is 14.5. The number of hydrogen-bond acceptors (Lipinski definition) is 4. The number of aromatic nitrogens is 1. The van der Waals surface area contributed by atoms with Gasteiger partial charge in [0.15, 0.2) is 0 Å². The van der Waals surface area contributed by atoms with Crippen LogP contribution in [0.15, 0.2) is 18.3 Å². The normalized spacial score (nSPS) is 23.5. The molecule has 2 unspecified atom stereocenters. The Balaban J connectivity index is 2.23. The van der Waals surface area contributed by atoms with Crippen LogP contribution in [0.5, 0.6) is 0 Å². The number of aryl methyl sites for hydroxylation is 1. The summed E-state index contributed by atoms with van der Waals surface area (Å²) in [5, 5.41) is 3.66. The molecule has 4 heteroatoms. The number of nitrogens with one attached hydrogen (secondary N) is 1. The van der Waals surface area contributed by atoms with Gasteiger partial charge in [-0.2, -0.15) is 0 Å². The van der Waals surface area contributed by atoms with Crippen molar-refractivity contribution < 1.29 is 0 Å². The highest BCUT2D eigenvalue weighted by atomic mass is 15.2. The van der Waals surface area contributed by atoms with Crippen LogP contribution in [0.25, 0.3) is 0 Å². The Labute approximate surface area is 123 Å². The second-order valence-electron chi connectivity index (χ2n) is 5.93. The zero-order valence-corrected chi connectivity index (χ0v) is 13.3. The molecule has 4 nitrogen and oxygen atoms in total. The average Bonchev–Trinajstić information content (AvgIpc) is 2.59. The molecule has 1 saturated heterocycles. The summed E-state index contributed by atoms with van der Waals surface area (Å²) in [7, 11) is 4.47. The molecule has 0 spiro atoms. The van der Waals surface area contributed by atoms with Gasteiger partial charge in [0, 0.05) is 24.5 Å². The van der Waals surface area contributed by atoms with Crippen LogP contribution in [0.1, 0.15) is 30.6 Å². The second kappa shape index (κ2) is 7.16. The summed E-state index contributed by atoms with van der Waals surface area (Å²) in [6, 6.07) is 5.17. The lowest BCUT2D eigenvalue weighted by Gasteiger charge is -2.35. The molecule has 1 aromatic rings. The Hall–Kier alpha value is -0.970. The van der Waals surface area contributed by atoms with E-state index in [9.17, 15) is 0 Å². The first-order valence-corrected chi connectivity index (χ1v) is 7.66. The highest BCUT2D eigenvalue weighted by molar-refractivity contribution is 5.19. The summed E-state index contributed by atoms with van der Waals surface area (Å²) in [6.45, 7) is 8.64. The van der Waals surface area contributed by atoms with Crippen molar-refractivity contribution in [2.75, 3.05) is 40.3 Å². The van der Waals surface area contributed by atoms with Gasteiger partial charge in [-0.25, -0.2) is 0 Å². The molecule has 0 saturated carbocycles. The van der Waals surface area contributed by atoms with Crippen molar-refractivity contribution in [3.05, 3.63) is 29.6 Å². The fourth-order valence-electron chi connectivity index (χ4n) is 3.02. The summed E-state index contributed by atoms with van der Waals surface area (Å²) in [4.78, 5) is 9.41. The van der Waals surface area contributed by atoms with E-state index in [-0.39, 0.29) is 0 Å². The van der Waals surface area contributed by atoms with Crippen molar-refractivity contribution in [3.8, 4) is 0 Å². The van der Waals surface area contributed by atoms with Gasteiger partial charge in [0.25, 0.3) is 0 Å². The molecule has 1 fully saturated rings. The van der Waals surface area contributed by atoms with Crippen LogP contribution in [-0.2, 0) is 0 Å². The van der Waals surface area contributed by atoms with Gasteiger partial charge in [-0.05, 0) is 58.7 Å². The predicted octanol–water partition coefficient (Wildman–Crippen LogP) is 1.68. The highest BCUT2D eigenvalue weighted by Gasteiger charge is 2.29. The van der Waals surface area contributed by atoms with Gasteiger partial charge in [0.05, 0.1) is 6.04 Å². The first-order valence-electron chi connectivity index (χ1n) is 7.66. The number of rotatable bonds is 4. The zero-order valence-electron chi connectivity index (χ0n) is 13.3. The summed E-state index contributed by atoms with van der Waals surface area (Å²) in [5.74, 6) is 0. The van der Waals surface area contributed by atoms with E-state index >= 15 is 0 Å². The van der Waals surface area contributed by atoms with Crippen LogP contribution >= 0.6 is 0 Å². The standard InChI is InChI=1S/C16H28N4/c1-5-17-16(14-8-7-13(2)18-11-14)15-12-19(3)9-6-10-20(15)4/h7-8,11,15-17H,5-6,9-10,12H2,1-4H3. The van der Waals surface area contributed by atoms with Crippen molar-refractivity contribution in [3.63, 3.8) is 0 Å². The van der Waals surface area contributed by atoms with E-state index in [0.29, 0.717) is 12.1 Å². The van der Waals surface area contributed by atoms with E-state index in [2.05, 4.69) is 53.3 Å². The van der Waals surface area contributed by atoms with Gasteiger partial charge in [-0.1, -0.05) is 13.0 Å². The average molecular weight is 276 g/mol. The van der Waals surface area contributed by atoms with E-state index < -0.39 is 0 Å². The number of nitrogens with zero attached hydrogens (tertiary/aromatic N) is 3. The number of pyridine rings is 1. The molecule has 20 heavy (non-hydrogen) atoms. The first kappa shape index (κ1) is 15.4. The SMILES string of the molecule is CCNC(c1ccc(C)nc1)C1CN(C)CCCN1C. The van der Waals surface area contributed by atoms with Crippen molar-refractivity contribution in [1.29, 1.82) is 0 Å². The van der Waals surface area contributed by atoms with Crippen LogP contribution in [-0.4, -0.2) is 61.1 Å². The molecule has 2 atom stereocenters. The van der Waals surface area contributed by atoms with Crippen LogP contribution in [0.3, 0.4) is 0 Å². The summed E-state index contributed by atoms with van der Waals surface area (Å²) >= 11 is 0. The minimum atomic E-state index is 0.346. The molecule has 0 amide bonds. The third kappa shape index (κ3) is 3.78. The maximum atomic E-state index is 4.47. The maximum absolute atomic E-state index is 4.47. The molecule has 0 aromatic carbocycles. The van der Waals surface area contributed by atoms with Gasteiger partial charge in [0.2, 0.25) is 0 Å². The van der Waals surface area contributed by atoms with Gasteiger partial charge in [-0.15, -0.1) is 0 Å². The molecule has 0 radical (unpaired) electrons. The maximum Gasteiger partial charge on any atom is 0.0505 e. The molecule has 1 aliphatic rings. The number of hydrogen-bond donors (Lipinski definition) is 1. The van der Waals surface area contributed by atoms with Gasteiger partial charge in [0.1, 0.15) is 0 Å². The Morgan fingerprint density at radius 1 is 1.35 bits per heavy atom. The number of likely N-dealkylation sites (N-methyl/N-ethyl adjacent to an activating group) is 3. The lowest BCUT2D eigenvalue weighted by molar-refractivity contribution is 0.179. The van der Waals surface area contributed by atoms with E-state index in [1.54, 1.807) is 0 Å². The van der Waals surface area contributed by atoms with Crippen molar-refractivity contribution >= 4 is 0 Å². The van der Waals surface area contributed by atoms with E-state index in [4.69, 9.17) is 0 Å². The second-order valence-corrected chi connectivity index (χ2v) is 5.93. The molecule has 0 aliphatic carbocycles. The Morgan fingerprint density at radius 3 is 2.80 bits per heavy atom. The largest absolute Gasteiger partial charge is 0.309 e. The highest BCUT2D eigenvalue weighted by Crippen LogP contribution is 2.22. The van der Waals surface area contributed by atoms with Crippen molar-refractivity contribution in [2.24, 2.45) is 0 Å². The van der Waals surface area contributed by atoms with Gasteiger partial charge >= 0.3 is 0 Å². The molecule has 2 rings (SSSR count). The van der Waals surface area contributed by atoms with Crippen molar-refractivity contribution in [1.82, 2.24) is 20.1 Å². The smallest absolute Gasteiger partial charge is 0.0505 e. The first-order chi connectivity index (χ1) is 9.61. The van der Waals surface area contributed by atoms with Gasteiger partial charge < -0.3 is 15.1 Å². The van der Waals surface area contributed by atoms with E-state index in [1.807, 2.05) is 13.1 Å². The lowest BCUT2D eigenvalue weighted by Crippen LogP contribution is -2.47. The Morgan fingerprint density at radius 2 is 2.15 bits per heavy atom. The monoisotopic (exact) mass is 276 g/mol. The third-order valence-corrected chi connectivity index (χ3v) is 4.22. The van der Waals surface area contributed by atoms with Crippen LogP contribution in [0, 0.1) is 6.92 Å². The topological polar surface area (TPSA) is 31.4 Å². The molecule has 0 bridgehead atoms. The molecule has 1 aromatic heterocycles. The molecule has 1 N–H and O–H groups in total. The van der Waals surface area contributed by atoms with E-state index in [1.165, 1.54) is 18.5 Å². The fourth-order valence-corrected chi connectivity index (χ4v) is 3.02. The molecule has 112 valence electrons. The van der Waals surface area contributed by atoms with Crippen LogP contribution in [0.2, 0.25) is 0 Å². The van der Waals surface area contributed by atoms with E-state index in [0.717, 1.165) is 25.3 Å². The molecule has 2 heterocycles. The third-order valence-electron chi connectivity index (χ3n) is 4.22. The molecular weight excluding hydrogens is 248 g/mol. The van der Waals surface area contributed by atoms with Crippen molar-refractivity contribution in [2.45, 2.75) is 32.4 Å². The molecular formula is C16H28N4. The lowest BCUT2D eigenvalue weighted by atomic mass is 9.99. The Bertz CT molecular complexity index is 403. The predicted molar refractivity (Wildman–Crippen MR) is 83.9 cm³/mol.